The lowest BCUT2D eigenvalue weighted by molar-refractivity contribution is 0.102. The molecule has 218 valence electrons. The molecule has 9 heteroatoms. The third kappa shape index (κ3) is 7.97. The quantitative estimate of drug-likeness (QED) is 0.221. The van der Waals surface area contributed by atoms with Crippen molar-refractivity contribution in [1.29, 1.82) is 0 Å². The van der Waals surface area contributed by atoms with Gasteiger partial charge in [0.15, 0.2) is 0 Å². The summed E-state index contributed by atoms with van der Waals surface area (Å²) in [5, 5.41) is 6.36. The summed E-state index contributed by atoms with van der Waals surface area (Å²) in [5.41, 5.74) is 12.9. The Hall–Kier alpha value is -4.18. The maximum Gasteiger partial charge on any atom is 0.255 e. The maximum absolute atomic E-state index is 13.0. The molecule has 0 unspecified atom stereocenters. The highest BCUT2D eigenvalue weighted by molar-refractivity contribution is 6.04. The van der Waals surface area contributed by atoms with Crippen LogP contribution in [0.5, 0.6) is 0 Å². The van der Waals surface area contributed by atoms with E-state index in [-0.39, 0.29) is 5.91 Å². The molecule has 5 rings (SSSR count). The Morgan fingerprint density at radius 2 is 1.76 bits per heavy atom. The number of carbonyl (C=O) groups excluding carboxylic acids is 1. The molecule has 0 bridgehead atoms. The zero-order valence-electron chi connectivity index (χ0n) is 24.5. The highest BCUT2D eigenvalue weighted by atomic mass is 16.1. The van der Waals surface area contributed by atoms with Crippen LogP contribution < -0.4 is 16.4 Å². The predicted molar refractivity (Wildman–Crippen MR) is 169 cm³/mol. The van der Waals surface area contributed by atoms with Crippen molar-refractivity contribution in [3.63, 3.8) is 0 Å². The second-order valence-electron chi connectivity index (χ2n) is 11.0. The Labute approximate surface area is 248 Å². The van der Waals surface area contributed by atoms with Crippen LogP contribution >= 0.6 is 0 Å². The van der Waals surface area contributed by atoms with Crippen LogP contribution in [0.15, 0.2) is 73.2 Å². The van der Waals surface area contributed by atoms with Gasteiger partial charge in [0.05, 0.1) is 5.69 Å². The smallest absolute Gasteiger partial charge is 0.255 e. The van der Waals surface area contributed by atoms with Crippen LogP contribution in [0.4, 0.5) is 17.3 Å². The van der Waals surface area contributed by atoms with Crippen LogP contribution in [-0.4, -0.2) is 70.4 Å². The Bertz CT molecular complexity index is 1480. The first kappa shape index (κ1) is 29.3. The SMILES string of the molecule is Cc1ccc(NC(=O)c2ccc(CN3CCN(C)CC3)cc2)cc1Nc1nccc(-c2cncc(CCCCN)c2)n1. The number of piperazine rings is 1. The number of likely N-dealkylation sites (N-methyl/N-ethyl adjacent to an activating group) is 1. The summed E-state index contributed by atoms with van der Waals surface area (Å²) in [6, 6.07) is 17.7. The molecule has 2 aromatic carbocycles. The number of pyridine rings is 1. The second kappa shape index (κ2) is 14.1. The van der Waals surface area contributed by atoms with Crippen LogP contribution in [-0.2, 0) is 13.0 Å². The molecule has 1 amide bonds. The zero-order chi connectivity index (χ0) is 29.3. The van der Waals surface area contributed by atoms with Crippen molar-refractivity contribution < 1.29 is 4.79 Å². The fraction of sp³-hybridized carbons (Fsp3) is 0.333. The van der Waals surface area contributed by atoms with Crippen LogP contribution in [0.2, 0.25) is 0 Å². The highest BCUT2D eigenvalue weighted by Gasteiger charge is 2.15. The van der Waals surface area contributed by atoms with Gasteiger partial charge in [-0.25, -0.2) is 9.97 Å². The molecule has 0 saturated carbocycles. The number of nitrogens with one attached hydrogen (secondary N) is 2. The lowest BCUT2D eigenvalue weighted by Gasteiger charge is -2.32. The molecule has 3 heterocycles. The molecule has 0 aliphatic carbocycles. The number of hydrogen-bond acceptors (Lipinski definition) is 8. The van der Waals surface area contributed by atoms with Gasteiger partial charge in [0.25, 0.3) is 5.91 Å². The molecule has 1 fully saturated rings. The number of rotatable bonds is 11. The van der Waals surface area contributed by atoms with E-state index < -0.39 is 0 Å². The molecule has 2 aromatic heterocycles. The van der Waals surface area contributed by atoms with Crippen molar-refractivity contribution in [1.82, 2.24) is 24.8 Å². The molecular weight excluding hydrogens is 524 g/mol. The minimum atomic E-state index is -0.145. The molecule has 4 N–H and O–H groups in total. The first-order valence-electron chi connectivity index (χ1n) is 14.6. The van der Waals surface area contributed by atoms with Crippen molar-refractivity contribution in [2.75, 3.05) is 50.4 Å². The van der Waals surface area contributed by atoms with E-state index in [1.807, 2.05) is 67.8 Å². The van der Waals surface area contributed by atoms with E-state index in [2.05, 4.69) is 43.5 Å². The Balaban J connectivity index is 1.22. The molecule has 1 saturated heterocycles. The predicted octanol–water partition coefficient (Wildman–Crippen LogP) is 4.87. The summed E-state index contributed by atoms with van der Waals surface area (Å²) in [6.07, 6.45) is 8.42. The van der Waals surface area contributed by atoms with Crippen molar-refractivity contribution in [3.05, 3.63) is 95.4 Å². The standard InChI is InChI=1S/C33H40N8O/c1-24-6-11-29(37-32(42)27-9-7-25(8-10-27)23-41-17-15-40(2)16-18-41)20-31(24)39-33-36-14-12-30(38-33)28-19-26(21-35-22-28)5-3-4-13-34/h6-12,14,19-22H,3-5,13,15-18,23,34H2,1-2H3,(H,37,42)(H,36,38,39). The van der Waals surface area contributed by atoms with Crippen molar-refractivity contribution >= 4 is 23.2 Å². The van der Waals surface area contributed by atoms with Gasteiger partial charge >= 0.3 is 0 Å². The van der Waals surface area contributed by atoms with Gasteiger partial charge in [-0.3, -0.25) is 14.7 Å². The van der Waals surface area contributed by atoms with Gasteiger partial charge < -0.3 is 21.3 Å². The zero-order valence-corrected chi connectivity index (χ0v) is 24.5. The third-order valence-corrected chi connectivity index (χ3v) is 7.63. The third-order valence-electron chi connectivity index (χ3n) is 7.63. The minimum Gasteiger partial charge on any atom is -0.330 e. The second-order valence-corrected chi connectivity index (χ2v) is 11.0. The largest absolute Gasteiger partial charge is 0.330 e. The average Bonchev–Trinajstić information content (AvgIpc) is 3.01. The maximum atomic E-state index is 13.0. The summed E-state index contributed by atoms with van der Waals surface area (Å²) >= 11 is 0. The Morgan fingerprint density at radius 1 is 0.952 bits per heavy atom. The van der Waals surface area contributed by atoms with Gasteiger partial charge in [0.2, 0.25) is 5.95 Å². The number of anilines is 3. The number of unbranched alkanes of at least 4 members (excludes halogenated alkanes) is 1. The molecular formula is C33H40N8O. The molecule has 4 aromatic rings. The Kier molecular flexibility index (Phi) is 9.86. The van der Waals surface area contributed by atoms with E-state index in [9.17, 15) is 4.79 Å². The summed E-state index contributed by atoms with van der Waals surface area (Å²) in [6.45, 7) is 7.92. The van der Waals surface area contributed by atoms with E-state index in [0.717, 1.165) is 80.1 Å². The normalized spacial score (nSPS) is 14.1. The van der Waals surface area contributed by atoms with Crippen LogP contribution in [0, 0.1) is 6.92 Å². The number of aryl methyl sites for hydroxylation is 2. The van der Waals surface area contributed by atoms with Gasteiger partial charge in [-0.15, -0.1) is 0 Å². The summed E-state index contributed by atoms with van der Waals surface area (Å²) in [4.78, 5) is 31.4. The van der Waals surface area contributed by atoms with Gasteiger partial charge in [-0.05, 0) is 92.9 Å². The van der Waals surface area contributed by atoms with Crippen molar-refractivity contribution in [2.24, 2.45) is 5.73 Å². The summed E-state index contributed by atoms with van der Waals surface area (Å²) in [5.74, 6) is 0.330. The molecule has 1 aliphatic rings. The van der Waals surface area contributed by atoms with Crippen molar-refractivity contribution in [3.8, 4) is 11.3 Å². The lowest BCUT2D eigenvalue weighted by Crippen LogP contribution is -2.43. The van der Waals surface area contributed by atoms with E-state index in [4.69, 9.17) is 10.7 Å². The molecule has 0 radical (unpaired) electrons. The number of aromatic nitrogens is 3. The van der Waals surface area contributed by atoms with Crippen LogP contribution in [0.3, 0.4) is 0 Å². The Morgan fingerprint density at radius 3 is 2.55 bits per heavy atom. The van der Waals surface area contributed by atoms with Gasteiger partial charge in [-0.2, -0.15) is 0 Å². The van der Waals surface area contributed by atoms with Gasteiger partial charge in [-0.1, -0.05) is 18.2 Å². The number of nitrogens with zero attached hydrogens (tertiary/aromatic N) is 5. The topological polar surface area (TPSA) is 112 Å². The molecule has 42 heavy (non-hydrogen) atoms. The number of benzene rings is 2. The molecule has 1 aliphatic heterocycles. The molecule has 9 nitrogen and oxygen atoms in total. The fourth-order valence-corrected chi connectivity index (χ4v) is 5.00. The van der Waals surface area contributed by atoms with Gasteiger partial charge in [0, 0.05) is 73.8 Å². The van der Waals surface area contributed by atoms with Gasteiger partial charge in [0.1, 0.15) is 0 Å². The summed E-state index contributed by atoms with van der Waals surface area (Å²) in [7, 11) is 2.16. The minimum absolute atomic E-state index is 0.145. The van der Waals surface area contributed by atoms with Crippen molar-refractivity contribution in [2.45, 2.75) is 32.7 Å². The highest BCUT2D eigenvalue weighted by Crippen LogP contribution is 2.25. The monoisotopic (exact) mass is 564 g/mol. The fourth-order valence-electron chi connectivity index (χ4n) is 5.00. The molecule has 0 spiro atoms. The first-order chi connectivity index (χ1) is 20.5. The lowest BCUT2D eigenvalue weighted by atomic mass is 10.1. The number of amides is 1. The number of nitrogens with two attached hydrogens (primary N) is 1. The number of carbonyl (C=O) groups is 1. The van der Waals surface area contributed by atoms with E-state index in [0.29, 0.717) is 23.7 Å². The van der Waals surface area contributed by atoms with E-state index in [1.165, 1.54) is 5.56 Å². The number of hydrogen-bond donors (Lipinski definition) is 3. The first-order valence-corrected chi connectivity index (χ1v) is 14.6. The average molecular weight is 565 g/mol. The van der Waals surface area contributed by atoms with E-state index in [1.54, 1.807) is 6.20 Å². The van der Waals surface area contributed by atoms with E-state index >= 15 is 0 Å². The summed E-state index contributed by atoms with van der Waals surface area (Å²) < 4.78 is 0. The van der Waals surface area contributed by atoms with Crippen LogP contribution in [0.1, 0.15) is 39.9 Å². The molecule has 0 atom stereocenters. The van der Waals surface area contributed by atoms with Crippen LogP contribution in [0.25, 0.3) is 11.3 Å².